The molecular formula is C21H26N2O3. The molecule has 2 heterocycles. The molecule has 2 atom stereocenters. The minimum absolute atomic E-state index is 0.0149. The van der Waals surface area contributed by atoms with Crippen molar-refractivity contribution in [1.82, 2.24) is 10.2 Å². The lowest BCUT2D eigenvalue weighted by Crippen LogP contribution is -2.39. The summed E-state index contributed by atoms with van der Waals surface area (Å²) in [6, 6.07) is 11.4. The second-order valence-electron chi connectivity index (χ2n) is 7.05. The molecule has 1 aromatic heterocycles. The third kappa shape index (κ3) is 3.98. The van der Waals surface area contributed by atoms with Crippen LogP contribution in [0.5, 0.6) is 0 Å². The van der Waals surface area contributed by atoms with Crippen LogP contribution < -0.4 is 5.32 Å². The molecule has 1 fully saturated rings. The third-order valence-electron chi connectivity index (χ3n) is 4.93. The first-order chi connectivity index (χ1) is 12.5. The van der Waals surface area contributed by atoms with Crippen molar-refractivity contribution in [2.75, 3.05) is 13.1 Å². The fraction of sp³-hybridized carbons (Fsp3) is 0.429. The van der Waals surface area contributed by atoms with Crippen molar-refractivity contribution in [1.29, 1.82) is 0 Å². The Morgan fingerprint density at radius 1 is 1.15 bits per heavy atom. The molecule has 5 nitrogen and oxygen atoms in total. The van der Waals surface area contributed by atoms with Gasteiger partial charge in [0.15, 0.2) is 0 Å². The van der Waals surface area contributed by atoms with Crippen molar-refractivity contribution in [2.45, 2.75) is 39.7 Å². The molecule has 0 aliphatic carbocycles. The molecule has 2 aromatic rings. The average molecular weight is 354 g/mol. The van der Waals surface area contributed by atoms with E-state index < -0.39 is 0 Å². The van der Waals surface area contributed by atoms with Crippen LogP contribution in [0.1, 0.15) is 42.8 Å². The zero-order chi connectivity index (χ0) is 18.7. The number of nitrogens with one attached hydrogen (secondary N) is 1. The number of nitrogens with zero attached hydrogens (tertiary/aromatic N) is 1. The standard InChI is InChI=1S/C21H26N2O3/c1-4-5-18-12-23(13-19(18)22-15(3)24)21(25)17-9-7-16(8-10-17)20-11-6-14(2)26-20/h6-11,18-19H,4-5,12-13H2,1-3H3,(H,22,24)/t18-,19-/m1/s1. The number of rotatable bonds is 5. The van der Waals surface area contributed by atoms with Gasteiger partial charge in [-0.2, -0.15) is 0 Å². The topological polar surface area (TPSA) is 62.6 Å². The number of benzene rings is 1. The monoisotopic (exact) mass is 354 g/mol. The number of likely N-dealkylation sites (tertiary alicyclic amines) is 1. The predicted molar refractivity (Wildman–Crippen MR) is 101 cm³/mol. The number of carbonyl (C=O) groups excluding carboxylic acids is 2. The van der Waals surface area contributed by atoms with Gasteiger partial charge in [0.25, 0.3) is 5.91 Å². The molecule has 0 radical (unpaired) electrons. The van der Waals surface area contributed by atoms with Gasteiger partial charge in [-0.1, -0.05) is 25.5 Å². The second kappa shape index (κ2) is 7.77. The number of aryl methyl sites for hydroxylation is 1. The Bertz CT molecular complexity index is 779. The fourth-order valence-electron chi connectivity index (χ4n) is 3.67. The van der Waals surface area contributed by atoms with Gasteiger partial charge in [0.2, 0.25) is 5.91 Å². The average Bonchev–Trinajstić information content (AvgIpc) is 3.21. The highest BCUT2D eigenvalue weighted by molar-refractivity contribution is 5.95. The summed E-state index contributed by atoms with van der Waals surface area (Å²) < 4.78 is 5.63. The van der Waals surface area contributed by atoms with E-state index in [9.17, 15) is 9.59 Å². The molecule has 5 heteroatoms. The summed E-state index contributed by atoms with van der Waals surface area (Å²) in [5.74, 6) is 1.96. The van der Waals surface area contributed by atoms with E-state index in [2.05, 4.69) is 12.2 Å². The van der Waals surface area contributed by atoms with Crippen LogP contribution in [0.4, 0.5) is 0 Å². The number of hydrogen-bond acceptors (Lipinski definition) is 3. The molecule has 2 amide bonds. The van der Waals surface area contributed by atoms with Crippen LogP contribution in [0, 0.1) is 12.8 Å². The summed E-state index contributed by atoms with van der Waals surface area (Å²) in [5.41, 5.74) is 1.62. The first kappa shape index (κ1) is 18.2. The minimum atomic E-state index is -0.0384. The van der Waals surface area contributed by atoms with E-state index in [1.165, 1.54) is 6.92 Å². The lowest BCUT2D eigenvalue weighted by Gasteiger charge is -2.17. The summed E-state index contributed by atoms with van der Waals surface area (Å²) in [5, 5.41) is 3.00. The van der Waals surface area contributed by atoms with Crippen molar-refractivity contribution in [3.05, 3.63) is 47.7 Å². The SMILES string of the molecule is CCC[C@@H]1CN(C(=O)c2ccc(-c3ccc(C)o3)cc2)C[C@H]1NC(C)=O. The van der Waals surface area contributed by atoms with E-state index in [0.29, 0.717) is 24.6 Å². The quantitative estimate of drug-likeness (QED) is 0.892. The van der Waals surface area contributed by atoms with Crippen LogP contribution in [0.25, 0.3) is 11.3 Å². The molecule has 1 saturated heterocycles. The highest BCUT2D eigenvalue weighted by Gasteiger charge is 2.35. The third-order valence-corrected chi connectivity index (χ3v) is 4.93. The summed E-state index contributed by atoms with van der Waals surface area (Å²) in [6.45, 7) is 6.83. The Balaban J connectivity index is 1.71. The Morgan fingerprint density at radius 2 is 1.88 bits per heavy atom. The minimum Gasteiger partial charge on any atom is -0.461 e. The highest BCUT2D eigenvalue weighted by atomic mass is 16.3. The van der Waals surface area contributed by atoms with E-state index in [1.54, 1.807) is 0 Å². The summed E-state index contributed by atoms with van der Waals surface area (Å²) in [6.07, 6.45) is 2.05. The normalized spacial score (nSPS) is 19.6. The maximum atomic E-state index is 12.9. The molecule has 1 aliphatic rings. The first-order valence-corrected chi connectivity index (χ1v) is 9.21. The maximum Gasteiger partial charge on any atom is 0.253 e. The molecular weight excluding hydrogens is 328 g/mol. The molecule has 0 bridgehead atoms. The van der Waals surface area contributed by atoms with Crippen molar-refractivity contribution in [2.24, 2.45) is 5.92 Å². The van der Waals surface area contributed by atoms with Gasteiger partial charge in [0, 0.05) is 31.1 Å². The summed E-state index contributed by atoms with van der Waals surface area (Å²) >= 11 is 0. The van der Waals surface area contributed by atoms with Crippen molar-refractivity contribution < 1.29 is 14.0 Å². The van der Waals surface area contributed by atoms with Crippen LogP contribution in [-0.2, 0) is 4.79 Å². The number of carbonyl (C=O) groups is 2. The maximum absolute atomic E-state index is 12.9. The largest absolute Gasteiger partial charge is 0.461 e. The van der Waals surface area contributed by atoms with Crippen LogP contribution in [-0.4, -0.2) is 35.8 Å². The van der Waals surface area contributed by atoms with E-state index in [4.69, 9.17) is 4.42 Å². The van der Waals surface area contributed by atoms with Gasteiger partial charge in [-0.25, -0.2) is 0 Å². The number of furan rings is 1. The molecule has 26 heavy (non-hydrogen) atoms. The van der Waals surface area contributed by atoms with Gasteiger partial charge in [-0.3, -0.25) is 9.59 Å². The van der Waals surface area contributed by atoms with E-state index in [-0.39, 0.29) is 17.9 Å². The highest BCUT2D eigenvalue weighted by Crippen LogP contribution is 2.25. The molecule has 1 aliphatic heterocycles. The number of amides is 2. The van der Waals surface area contributed by atoms with Gasteiger partial charge < -0.3 is 14.6 Å². The van der Waals surface area contributed by atoms with Crippen molar-refractivity contribution in [3.63, 3.8) is 0 Å². The van der Waals surface area contributed by atoms with Crippen LogP contribution in [0.3, 0.4) is 0 Å². The van der Waals surface area contributed by atoms with E-state index in [0.717, 1.165) is 29.9 Å². The Hall–Kier alpha value is -2.56. The lowest BCUT2D eigenvalue weighted by molar-refractivity contribution is -0.119. The zero-order valence-corrected chi connectivity index (χ0v) is 15.6. The van der Waals surface area contributed by atoms with E-state index >= 15 is 0 Å². The summed E-state index contributed by atoms with van der Waals surface area (Å²) in [7, 11) is 0. The Kier molecular flexibility index (Phi) is 5.45. The van der Waals surface area contributed by atoms with Gasteiger partial charge in [-0.05, 0) is 43.5 Å². The Labute approximate surface area is 154 Å². The van der Waals surface area contributed by atoms with Crippen LogP contribution >= 0.6 is 0 Å². The van der Waals surface area contributed by atoms with Crippen molar-refractivity contribution >= 4 is 11.8 Å². The molecule has 0 spiro atoms. The lowest BCUT2D eigenvalue weighted by atomic mass is 9.98. The van der Waals surface area contributed by atoms with Crippen LogP contribution in [0.2, 0.25) is 0 Å². The van der Waals surface area contributed by atoms with Crippen molar-refractivity contribution in [3.8, 4) is 11.3 Å². The van der Waals surface area contributed by atoms with Gasteiger partial charge in [0.1, 0.15) is 11.5 Å². The molecule has 1 aromatic carbocycles. The summed E-state index contributed by atoms with van der Waals surface area (Å²) in [4.78, 5) is 26.2. The first-order valence-electron chi connectivity index (χ1n) is 9.21. The molecule has 138 valence electrons. The molecule has 0 unspecified atom stereocenters. The molecule has 0 saturated carbocycles. The zero-order valence-electron chi connectivity index (χ0n) is 15.6. The van der Waals surface area contributed by atoms with Gasteiger partial charge in [0.05, 0.1) is 6.04 Å². The number of hydrogen-bond donors (Lipinski definition) is 1. The van der Waals surface area contributed by atoms with Gasteiger partial charge in [-0.15, -0.1) is 0 Å². The van der Waals surface area contributed by atoms with Crippen LogP contribution in [0.15, 0.2) is 40.8 Å². The predicted octanol–water partition coefficient (Wildman–Crippen LogP) is 3.63. The second-order valence-corrected chi connectivity index (χ2v) is 7.05. The molecule has 3 rings (SSSR count). The fourth-order valence-corrected chi connectivity index (χ4v) is 3.67. The molecule has 1 N–H and O–H groups in total. The van der Waals surface area contributed by atoms with Gasteiger partial charge >= 0.3 is 0 Å². The Morgan fingerprint density at radius 3 is 2.46 bits per heavy atom. The smallest absolute Gasteiger partial charge is 0.253 e. The van der Waals surface area contributed by atoms with E-state index in [1.807, 2.05) is 48.2 Å².